The number of urea groups is 1. The first-order valence-corrected chi connectivity index (χ1v) is 14.5. The molecule has 5 rings (SSSR count). The Hall–Kier alpha value is -4.77. The zero-order chi connectivity index (χ0) is 30.9. The van der Waals surface area contributed by atoms with Crippen LogP contribution < -0.4 is 24.8 Å². The number of ether oxygens (including phenoxy) is 3. The molecule has 1 aliphatic heterocycles. The fraction of sp³-hybridized carbons (Fsp3) is 0.303. The standard InChI is InChI=1S/C33H34F2N4O5/c1-42-30-20-24-27(21-31(30)43-17-7-16-39-14-5-2-6-15-39)36-13-12-28(24)44-29-11-10-23(19-26(29)35)37-33(41)38-32(40)18-22-8-3-4-9-25(22)34/h3-4,8-13,19-21H,2,5-7,14-18H2,1H3,(H2,37,38,40,41). The highest BCUT2D eigenvalue weighted by Gasteiger charge is 2.16. The number of pyridine rings is 1. The summed E-state index contributed by atoms with van der Waals surface area (Å²) in [5.41, 5.74) is 0.831. The maximum absolute atomic E-state index is 15.0. The molecule has 44 heavy (non-hydrogen) atoms. The van der Waals surface area contributed by atoms with Crippen LogP contribution in [0.15, 0.2) is 66.9 Å². The first kappa shape index (κ1) is 30.7. The number of aromatic nitrogens is 1. The van der Waals surface area contributed by atoms with Crippen molar-refractivity contribution in [1.82, 2.24) is 15.2 Å². The topological polar surface area (TPSA) is 102 Å². The van der Waals surface area contributed by atoms with Gasteiger partial charge in [-0.1, -0.05) is 24.6 Å². The van der Waals surface area contributed by atoms with Crippen LogP contribution in [0.25, 0.3) is 10.9 Å². The highest BCUT2D eigenvalue weighted by molar-refractivity contribution is 6.01. The minimum Gasteiger partial charge on any atom is -0.493 e. The van der Waals surface area contributed by atoms with Gasteiger partial charge in [0.2, 0.25) is 5.91 Å². The van der Waals surface area contributed by atoms with E-state index in [4.69, 9.17) is 14.2 Å². The summed E-state index contributed by atoms with van der Waals surface area (Å²) in [6.45, 7) is 3.81. The predicted molar refractivity (Wildman–Crippen MR) is 162 cm³/mol. The van der Waals surface area contributed by atoms with E-state index < -0.39 is 23.6 Å². The van der Waals surface area contributed by atoms with E-state index in [1.54, 1.807) is 37.6 Å². The molecule has 1 aliphatic rings. The molecule has 1 saturated heterocycles. The first-order chi connectivity index (χ1) is 21.4. The molecule has 9 nitrogen and oxygen atoms in total. The Bertz CT molecular complexity index is 1630. The normalized spacial score (nSPS) is 13.3. The average Bonchev–Trinajstić information content (AvgIpc) is 3.02. The predicted octanol–water partition coefficient (Wildman–Crippen LogP) is 6.46. The third-order valence-electron chi connectivity index (χ3n) is 7.28. The number of halogens is 2. The molecule has 0 atom stereocenters. The molecule has 0 aliphatic carbocycles. The van der Waals surface area contributed by atoms with E-state index >= 15 is 4.39 Å². The molecule has 3 amide bonds. The summed E-state index contributed by atoms with van der Waals surface area (Å²) in [4.78, 5) is 31.3. The van der Waals surface area contributed by atoms with Crippen molar-refractivity contribution < 1.29 is 32.6 Å². The summed E-state index contributed by atoms with van der Waals surface area (Å²) >= 11 is 0. The molecule has 0 unspecified atom stereocenters. The molecule has 0 saturated carbocycles. The van der Waals surface area contributed by atoms with Crippen molar-refractivity contribution in [2.75, 3.05) is 38.7 Å². The van der Waals surface area contributed by atoms with Gasteiger partial charge >= 0.3 is 6.03 Å². The Kier molecular flexibility index (Phi) is 10.2. The summed E-state index contributed by atoms with van der Waals surface area (Å²) in [5.74, 6) is -0.671. The number of fused-ring (bicyclic) bond motifs is 1. The van der Waals surface area contributed by atoms with Crippen LogP contribution in [0, 0.1) is 11.6 Å². The van der Waals surface area contributed by atoms with Crippen molar-refractivity contribution in [3.05, 3.63) is 84.1 Å². The van der Waals surface area contributed by atoms with E-state index in [2.05, 4.69) is 20.5 Å². The molecule has 1 fully saturated rings. The summed E-state index contributed by atoms with van der Waals surface area (Å²) in [6, 6.07) is 13.9. The van der Waals surface area contributed by atoms with E-state index in [1.165, 1.54) is 49.6 Å². The van der Waals surface area contributed by atoms with Crippen molar-refractivity contribution >= 4 is 28.5 Å². The molecule has 0 spiro atoms. The number of carbonyl (C=O) groups excluding carboxylic acids is 2. The average molecular weight is 605 g/mol. The second kappa shape index (κ2) is 14.6. The Morgan fingerprint density at radius 3 is 2.50 bits per heavy atom. The fourth-order valence-electron chi connectivity index (χ4n) is 5.07. The number of piperidine rings is 1. The molecule has 11 heteroatoms. The van der Waals surface area contributed by atoms with Crippen LogP contribution in [0.1, 0.15) is 31.2 Å². The summed E-state index contributed by atoms with van der Waals surface area (Å²) < 4.78 is 46.3. The van der Waals surface area contributed by atoms with Crippen LogP contribution in [0.5, 0.6) is 23.0 Å². The maximum Gasteiger partial charge on any atom is 0.325 e. The van der Waals surface area contributed by atoms with E-state index in [-0.39, 0.29) is 23.4 Å². The Balaban J connectivity index is 1.20. The molecule has 2 N–H and O–H groups in total. The van der Waals surface area contributed by atoms with Crippen LogP contribution in [0.4, 0.5) is 19.3 Å². The number of methoxy groups -OCH3 is 1. The minimum absolute atomic E-state index is 0.0870. The number of nitrogens with one attached hydrogen (secondary N) is 2. The van der Waals surface area contributed by atoms with Crippen LogP contribution in [0.3, 0.4) is 0 Å². The van der Waals surface area contributed by atoms with E-state index in [1.807, 2.05) is 0 Å². The number of imide groups is 1. The molecule has 230 valence electrons. The number of hydrogen-bond donors (Lipinski definition) is 2. The summed E-state index contributed by atoms with van der Waals surface area (Å²) in [5, 5.41) is 5.09. The lowest BCUT2D eigenvalue weighted by Gasteiger charge is -2.26. The molecule has 2 heterocycles. The van der Waals surface area contributed by atoms with Gasteiger partial charge in [-0.15, -0.1) is 0 Å². The number of amides is 3. The van der Waals surface area contributed by atoms with E-state index in [9.17, 15) is 14.0 Å². The second-order valence-electron chi connectivity index (χ2n) is 10.5. The lowest BCUT2D eigenvalue weighted by Crippen LogP contribution is -2.35. The Labute approximate surface area is 254 Å². The highest BCUT2D eigenvalue weighted by atomic mass is 19.1. The molecular weight excluding hydrogens is 570 g/mol. The van der Waals surface area contributed by atoms with Crippen LogP contribution in [0.2, 0.25) is 0 Å². The van der Waals surface area contributed by atoms with Crippen molar-refractivity contribution in [2.24, 2.45) is 0 Å². The number of carbonyl (C=O) groups is 2. The van der Waals surface area contributed by atoms with E-state index in [0.29, 0.717) is 34.8 Å². The van der Waals surface area contributed by atoms with Gasteiger partial charge in [-0.05, 0) is 68.2 Å². The summed E-state index contributed by atoms with van der Waals surface area (Å²) in [6.07, 6.45) is 5.93. The Morgan fingerprint density at radius 1 is 0.909 bits per heavy atom. The number of rotatable bonds is 11. The smallest absolute Gasteiger partial charge is 0.325 e. The molecule has 0 bridgehead atoms. The zero-order valence-electron chi connectivity index (χ0n) is 24.4. The first-order valence-electron chi connectivity index (χ1n) is 14.5. The van der Waals surface area contributed by atoms with Crippen molar-refractivity contribution in [2.45, 2.75) is 32.1 Å². The number of nitrogens with zero attached hydrogens (tertiary/aromatic N) is 2. The zero-order valence-corrected chi connectivity index (χ0v) is 24.4. The highest BCUT2D eigenvalue weighted by Crippen LogP contribution is 2.38. The number of anilines is 1. The third-order valence-corrected chi connectivity index (χ3v) is 7.28. The van der Waals surface area contributed by atoms with Gasteiger partial charge in [0.25, 0.3) is 0 Å². The maximum atomic E-state index is 15.0. The molecule has 1 aromatic heterocycles. The third kappa shape index (κ3) is 7.99. The number of hydrogen-bond acceptors (Lipinski definition) is 7. The summed E-state index contributed by atoms with van der Waals surface area (Å²) in [7, 11) is 1.55. The van der Waals surface area contributed by atoms with Gasteiger partial charge in [0, 0.05) is 35.9 Å². The van der Waals surface area contributed by atoms with E-state index in [0.717, 1.165) is 32.1 Å². The lowest BCUT2D eigenvalue weighted by atomic mass is 10.1. The van der Waals surface area contributed by atoms with Crippen LogP contribution >= 0.6 is 0 Å². The second-order valence-corrected chi connectivity index (χ2v) is 10.5. The van der Waals surface area contributed by atoms with Crippen molar-refractivity contribution in [1.29, 1.82) is 0 Å². The Morgan fingerprint density at radius 2 is 1.73 bits per heavy atom. The van der Waals surface area contributed by atoms with Gasteiger partial charge in [0.15, 0.2) is 23.1 Å². The minimum atomic E-state index is -0.879. The number of likely N-dealkylation sites (tertiary alicyclic amines) is 1. The largest absolute Gasteiger partial charge is 0.493 e. The van der Waals surface area contributed by atoms with Gasteiger partial charge in [0.05, 0.1) is 25.7 Å². The van der Waals surface area contributed by atoms with Crippen LogP contribution in [-0.2, 0) is 11.2 Å². The number of benzene rings is 3. The van der Waals surface area contributed by atoms with Crippen molar-refractivity contribution in [3.8, 4) is 23.0 Å². The molecular formula is C33H34F2N4O5. The monoisotopic (exact) mass is 604 g/mol. The van der Waals surface area contributed by atoms with Gasteiger partial charge in [0.1, 0.15) is 11.6 Å². The SMILES string of the molecule is COc1cc2c(Oc3ccc(NC(=O)NC(=O)Cc4ccccc4F)cc3F)ccnc2cc1OCCCN1CCCCC1. The van der Waals surface area contributed by atoms with Gasteiger partial charge in [-0.3, -0.25) is 15.1 Å². The van der Waals surface area contributed by atoms with Crippen molar-refractivity contribution in [3.63, 3.8) is 0 Å². The fourth-order valence-corrected chi connectivity index (χ4v) is 5.07. The molecule has 3 aromatic carbocycles. The van der Waals surface area contributed by atoms with Gasteiger partial charge < -0.3 is 24.4 Å². The van der Waals surface area contributed by atoms with Gasteiger partial charge in [-0.25, -0.2) is 13.6 Å². The molecule has 0 radical (unpaired) electrons. The lowest BCUT2D eigenvalue weighted by molar-refractivity contribution is -0.119. The molecule has 4 aromatic rings. The van der Waals surface area contributed by atoms with Gasteiger partial charge in [-0.2, -0.15) is 0 Å². The van der Waals surface area contributed by atoms with Crippen LogP contribution in [-0.4, -0.2) is 55.2 Å². The quantitative estimate of drug-likeness (QED) is 0.190.